The number of aromatic nitrogens is 1. The molecule has 2 N–H and O–H groups in total. The molecule has 1 aliphatic rings. The van der Waals surface area contributed by atoms with Crippen LogP contribution in [-0.2, 0) is 4.79 Å². The number of primary amides is 1. The van der Waals surface area contributed by atoms with Gasteiger partial charge in [-0.1, -0.05) is 19.1 Å². The van der Waals surface area contributed by atoms with Gasteiger partial charge in [0, 0.05) is 24.7 Å². The zero-order valence-corrected chi connectivity index (χ0v) is 13.2. The summed E-state index contributed by atoms with van der Waals surface area (Å²) in [5, 5.41) is 10.3. The Morgan fingerprint density at radius 1 is 1.43 bits per heavy atom. The van der Waals surface area contributed by atoms with Crippen LogP contribution in [0.2, 0.25) is 0 Å². The van der Waals surface area contributed by atoms with Crippen LogP contribution in [0.1, 0.15) is 30.4 Å². The molecule has 1 fully saturated rings. The summed E-state index contributed by atoms with van der Waals surface area (Å²) in [6, 6.07) is 10.0. The van der Waals surface area contributed by atoms with Crippen LogP contribution in [0, 0.1) is 17.2 Å². The van der Waals surface area contributed by atoms with Gasteiger partial charge in [0.1, 0.15) is 6.07 Å². The first-order valence-electron chi connectivity index (χ1n) is 7.87. The van der Waals surface area contributed by atoms with E-state index in [1.807, 2.05) is 24.3 Å². The zero-order valence-electron chi connectivity index (χ0n) is 13.2. The average Bonchev–Trinajstić information content (AvgIpc) is 2.52. The van der Waals surface area contributed by atoms with Crippen molar-refractivity contribution in [2.75, 3.05) is 19.6 Å². The van der Waals surface area contributed by atoms with Gasteiger partial charge in [0.15, 0.2) is 0 Å². The van der Waals surface area contributed by atoms with Crippen LogP contribution < -0.4 is 5.73 Å². The molecule has 5 heteroatoms. The molecule has 1 amide bonds. The molecule has 1 aliphatic heterocycles. The lowest BCUT2D eigenvalue weighted by Gasteiger charge is -2.36. The summed E-state index contributed by atoms with van der Waals surface area (Å²) in [7, 11) is 0. The molecule has 0 saturated carbocycles. The Bertz CT molecular complexity index is 780. The molecule has 23 heavy (non-hydrogen) atoms. The fourth-order valence-electron chi connectivity index (χ4n) is 3.68. The third kappa shape index (κ3) is 3.17. The van der Waals surface area contributed by atoms with Crippen LogP contribution in [0.25, 0.3) is 10.9 Å². The maximum Gasteiger partial charge on any atom is 0.231 e. The second kappa shape index (κ2) is 6.35. The molecule has 2 heterocycles. The minimum Gasteiger partial charge on any atom is -0.369 e. The minimum atomic E-state index is -0.288. The largest absolute Gasteiger partial charge is 0.369 e. The summed E-state index contributed by atoms with van der Waals surface area (Å²) in [5.41, 5.74) is 7.91. The average molecular weight is 308 g/mol. The molecule has 2 aromatic rings. The van der Waals surface area contributed by atoms with E-state index in [1.165, 1.54) is 5.56 Å². The number of nitriles is 1. The zero-order chi connectivity index (χ0) is 16.4. The van der Waals surface area contributed by atoms with Gasteiger partial charge in [-0.15, -0.1) is 0 Å². The van der Waals surface area contributed by atoms with Crippen molar-refractivity contribution in [1.29, 1.82) is 5.26 Å². The highest BCUT2D eigenvalue weighted by atomic mass is 16.1. The van der Waals surface area contributed by atoms with Crippen molar-refractivity contribution < 1.29 is 4.79 Å². The molecule has 0 bridgehead atoms. The Balaban J connectivity index is 1.99. The van der Waals surface area contributed by atoms with Gasteiger partial charge in [0.05, 0.1) is 17.6 Å². The molecule has 0 aliphatic carbocycles. The van der Waals surface area contributed by atoms with Crippen LogP contribution >= 0.6 is 0 Å². The van der Waals surface area contributed by atoms with E-state index in [2.05, 4.69) is 22.9 Å². The van der Waals surface area contributed by atoms with Crippen molar-refractivity contribution in [3.63, 3.8) is 0 Å². The fraction of sp³-hybridized carbons (Fsp3) is 0.389. The molecule has 1 aromatic carbocycles. The Kier molecular flexibility index (Phi) is 4.26. The molecular formula is C18H20N4O. The first-order valence-corrected chi connectivity index (χ1v) is 7.87. The molecule has 1 aromatic heterocycles. The minimum absolute atomic E-state index is 0.288. The summed E-state index contributed by atoms with van der Waals surface area (Å²) >= 11 is 0. The Labute approximate surface area is 135 Å². The van der Waals surface area contributed by atoms with Crippen LogP contribution in [0.3, 0.4) is 0 Å². The van der Waals surface area contributed by atoms with Gasteiger partial charge >= 0.3 is 0 Å². The molecule has 1 saturated heterocycles. The fourth-order valence-corrected chi connectivity index (χ4v) is 3.68. The topological polar surface area (TPSA) is 83.0 Å². The molecule has 118 valence electrons. The predicted molar refractivity (Wildman–Crippen MR) is 88.6 cm³/mol. The number of carbonyl (C=O) groups excluding carboxylic acids is 1. The summed E-state index contributed by atoms with van der Waals surface area (Å²) in [5.74, 6) is 0.525. The standard InChI is InChI=1S/C18H20N4O/c1-12-7-14(10-22(9-12)11-17(20)23)15-5-4-13(8-19)18-16(15)3-2-6-21-18/h2-6,12,14H,7,9-11H2,1H3,(H2,20,23). The first-order chi connectivity index (χ1) is 11.1. The molecule has 0 spiro atoms. The Hall–Kier alpha value is -2.45. The van der Waals surface area contributed by atoms with E-state index in [1.54, 1.807) is 6.20 Å². The van der Waals surface area contributed by atoms with Crippen LogP contribution in [0.4, 0.5) is 0 Å². The van der Waals surface area contributed by atoms with Gasteiger partial charge in [-0.25, -0.2) is 0 Å². The SMILES string of the molecule is CC1CC(c2ccc(C#N)c3ncccc23)CN(CC(N)=O)C1. The van der Waals surface area contributed by atoms with Gasteiger partial charge in [0.2, 0.25) is 5.91 Å². The van der Waals surface area contributed by atoms with Gasteiger partial charge in [0.25, 0.3) is 0 Å². The lowest BCUT2D eigenvalue weighted by molar-refractivity contribution is -0.119. The second-order valence-corrected chi connectivity index (χ2v) is 6.41. The molecule has 2 unspecified atom stereocenters. The quantitative estimate of drug-likeness (QED) is 0.940. The number of likely N-dealkylation sites (tertiary alicyclic amines) is 1. The highest BCUT2D eigenvalue weighted by Gasteiger charge is 2.28. The van der Waals surface area contributed by atoms with E-state index in [0.717, 1.165) is 30.4 Å². The van der Waals surface area contributed by atoms with Crippen LogP contribution in [-0.4, -0.2) is 35.4 Å². The third-order valence-electron chi connectivity index (χ3n) is 4.48. The number of nitrogens with zero attached hydrogens (tertiary/aromatic N) is 3. The van der Waals surface area contributed by atoms with Crippen molar-refractivity contribution in [2.24, 2.45) is 11.7 Å². The van der Waals surface area contributed by atoms with Gasteiger partial charge in [-0.2, -0.15) is 5.26 Å². The Morgan fingerprint density at radius 2 is 2.26 bits per heavy atom. The predicted octanol–water partition coefficient (Wildman–Crippen LogP) is 2.02. The Morgan fingerprint density at radius 3 is 3.00 bits per heavy atom. The molecular weight excluding hydrogens is 288 g/mol. The molecule has 3 rings (SSSR count). The highest BCUT2D eigenvalue weighted by molar-refractivity contribution is 5.87. The number of fused-ring (bicyclic) bond motifs is 1. The molecule has 0 radical (unpaired) electrons. The molecule has 5 nitrogen and oxygen atoms in total. The number of piperidine rings is 1. The van der Waals surface area contributed by atoms with Crippen molar-refractivity contribution in [1.82, 2.24) is 9.88 Å². The van der Waals surface area contributed by atoms with Gasteiger partial charge < -0.3 is 5.73 Å². The van der Waals surface area contributed by atoms with E-state index in [-0.39, 0.29) is 5.91 Å². The summed E-state index contributed by atoms with van der Waals surface area (Å²) < 4.78 is 0. The van der Waals surface area contributed by atoms with Gasteiger partial charge in [-0.3, -0.25) is 14.7 Å². The monoisotopic (exact) mass is 308 g/mol. The summed E-state index contributed by atoms with van der Waals surface area (Å²) in [6.45, 7) is 4.20. The van der Waals surface area contributed by atoms with Crippen molar-refractivity contribution >= 4 is 16.8 Å². The maximum atomic E-state index is 11.2. The van der Waals surface area contributed by atoms with Crippen molar-refractivity contribution in [3.05, 3.63) is 41.6 Å². The number of carbonyl (C=O) groups is 1. The van der Waals surface area contributed by atoms with Gasteiger partial charge in [-0.05, 0) is 36.0 Å². The van der Waals surface area contributed by atoms with E-state index in [0.29, 0.717) is 23.9 Å². The van der Waals surface area contributed by atoms with Crippen LogP contribution in [0.15, 0.2) is 30.5 Å². The van der Waals surface area contributed by atoms with E-state index < -0.39 is 0 Å². The first kappa shape index (κ1) is 15.4. The highest BCUT2D eigenvalue weighted by Crippen LogP contribution is 2.34. The van der Waals surface area contributed by atoms with Crippen LogP contribution in [0.5, 0.6) is 0 Å². The number of amides is 1. The van der Waals surface area contributed by atoms with Crippen molar-refractivity contribution in [3.8, 4) is 6.07 Å². The van der Waals surface area contributed by atoms with Crippen molar-refractivity contribution in [2.45, 2.75) is 19.3 Å². The lowest BCUT2D eigenvalue weighted by Crippen LogP contribution is -2.43. The lowest BCUT2D eigenvalue weighted by atomic mass is 9.83. The number of hydrogen-bond donors (Lipinski definition) is 1. The molecule has 2 atom stereocenters. The number of benzene rings is 1. The van der Waals surface area contributed by atoms with E-state index in [9.17, 15) is 10.1 Å². The summed E-state index contributed by atoms with van der Waals surface area (Å²) in [6.07, 6.45) is 2.78. The number of pyridine rings is 1. The third-order valence-corrected chi connectivity index (χ3v) is 4.48. The van der Waals surface area contributed by atoms with E-state index >= 15 is 0 Å². The maximum absolute atomic E-state index is 11.2. The number of rotatable bonds is 3. The normalized spacial score (nSPS) is 21.9. The second-order valence-electron chi connectivity index (χ2n) is 6.41. The number of hydrogen-bond acceptors (Lipinski definition) is 4. The summed E-state index contributed by atoms with van der Waals surface area (Å²) in [4.78, 5) is 17.8. The van der Waals surface area contributed by atoms with E-state index in [4.69, 9.17) is 5.73 Å². The number of nitrogens with two attached hydrogens (primary N) is 1. The smallest absolute Gasteiger partial charge is 0.231 e.